The second-order valence-electron chi connectivity index (χ2n) is 13.9. The summed E-state index contributed by atoms with van der Waals surface area (Å²) < 4.78 is 5.94. The SMILES string of the molecule is NC(N)=NCCC[C@H]1CN(C(=O)Cc2ccc3ccccc3c2)C/C=C/CN(C(=O)Cc2ccc(OCc3ccccc3)cc2)[C@H](CCCN=C(N)N)C(=O)N1. The minimum Gasteiger partial charge on any atom is -0.489 e. The summed E-state index contributed by atoms with van der Waals surface area (Å²) in [6, 6.07) is 30.1. The van der Waals surface area contributed by atoms with E-state index in [0.29, 0.717) is 57.7 Å². The van der Waals surface area contributed by atoms with Crippen molar-refractivity contribution in [3.05, 3.63) is 126 Å². The van der Waals surface area contributed by atoms with Crippen molar-refractivity contribution in [2.75, 3.05) is 32.7 Å². The number of carbonyl (C=O) groups is 3. The maximum absolute atomic E-state index is 14.3. The molecular formula is C43H53N9O4. The number of rotatable bonds is 15. The molecule has 1 aliphatic heterocycles. The lowest BCUT2D eigenvalue weighted by Gasteiger charge is -2.32. The van der Waals surface area contributed by atoms with E-state index in [1.54, 1.807) is 9.80 Å². The molecule has 0 spiro atoms. The lowest BCUT2D eigenvalue weighted by atomic mass is 10.0. The van der Waals surface area contributed by atoms with Gasteiger partial charge in [-0.2, -0.15) is 0 Å². The van der Waals surface area contributed by atoms with Crippen LogP contribution >= 0.6 is 0 Å². The number of aliphatic imine (C=N–C) groups is 2. The van der Waals surface area contributed by atoms with Crippen LogP contribution in [0.5, 0.6) is 5.75 Å². The average Bonchev–Trinajstić information content (AvgIpc) is 3.21. The number of benzene rings is 4. The summed E-state index contributed by atoms with van der Waals surface area (Å²) in [6.07, 6.45) is 5.85. The first kappa shape index (κ1) is 40.8. The summed E-state index contributed by atoms with van der Waals surface area (Å²) >= 11 is 0. The van der Waals surface area contributed by atoms with Gasteiger partial charge >= 0.3 is 0 Å². The number of nitrogens with two attached hydrogens (primary N) is 4. The summed E-state index contributed by atoms with van der Waals surface area (Å²) in [6.45, 7) is 1.82. The highest BCUT2D eigenvalue weighted by atomic mass is 16.5. The van der Waals surface area contributed by atoms with Crippen molar-refractivity contribution in [3.8, 4) is 5.75 Å². The Bertz CT molecular complexity index is 1990. The van der Waals surface area contributed by atoms with E-state index in [1.807, 2.05) is 109 Å². The summed E-state index contributed by atoms with van der Waals surface area (Å²) in [4.78, 5) is 53.9. The maximum atomic E-state index is 14.3. The first-order valence-corrected chi connectivity index (χ1v) is 19.0. The molecule has 294 valence electrons. The fourth-order valence-corrected chi connectivity index (χ4v) is 6.67. The molecule has 1 heterocycles. The number of amides is 3. The van der Waals surface area contributed by atoms with Gasteiger partial charge in [0.05, 0.1) is 12.8 Å². The van der Waals surface area contributed by atoms with Crippen LogP contribution in [0.1, 0.15) is 42.4 Å². The van der Waals surface area contributed by atoms with Crippen LogP contribution in [0.15, 0.2) is 119 Å². The fourth-order valence-electron chi connectivity index (χ4n) is 6.67. The molecule has 5 rings (SSSR count). The van der Waals surface area contributed by atoms with Crippen molar-refractivity contribution in [2.45, 2.75) is 57.2 Å². The molecule has 4 aromatic carbocycles. The lowest BCUT2D eigenvalue weighted by molar-refractivity contribution is -0.140. The third-order valence-electron chi connectivity index (χ3n) is 9.57. The van der Waals surface area contributed by atoms with E-state index in [4.69, 9.17) is 27.7 Å². The molecule has 0 fully saturated rings. The summed E-state index contributed by atoms with van der Waals surface area (Å²) in [5.41, 5.74) is 25.0. The molecule has 0 aliphatic carbocycles. The van der Waals surface area contributed by atoms with Gasteiger partial charge in [-0.25, -0.2) is 0 Å². The zero-order valence-electron chi connectivity index (χ0n) is 31.8. The number of nitrogens with zero attached hydrogens (tertiary/aromatic N) is 4. The van der Waals surface area contributed by atoms with Crippen molar-refractivity contribution in [1.29, 1.82) is 0 Å². The molecular weight excluding hydrogens is 707 g/mol. The molecule has 0 saturated heterocycles. The van der Waals surface area contributed by atoms with Crippen LogP contribution in [0.3, 0.4) is 0 Å². The van der Waals surface area contributed by atoms with E-state index in [-0.39, 0.29) is 55.6 Å². The summed E-state index contributed by atoms with van der Waals surface area (Å²) in [5, 5.41) is 5.35. The Balaban J connectivity index is 1.36. The molecule has 0 aromatic heterocycles. The third-order valence-corrected chi connectivity index (χ3v) is 9.57. The van der Waals surface area contributed by atoms with Gasteiger partial charge in [0.25, 0.3) is 0 Å². The predicted molar refractivity (Wildman–Crippen MR) is 222 cm³/mol. The van der Waals surface area contributed by atoms with Crippen molar-refractivity contribution < 1.29 is 19.1 Å². The van der Waals surface area contributed by atoms with Crippen LogP contribution in [0.4, 0.5) is 0 Å². The number of hydrogen-bond acceptors (Lipinski definition) is 6. The number of carbonyl (C=O) groups excluding carboxylic acids is 3. The fraction of sp³-hybridized carbons (Fsp3) is 0.326. The second-order valence-corrected chi connectivity index (χ2v) is 13.9. The van der Waals surface area contributed by atoms with Crippen molar-refractivity contribution in [2.24, 2.45) is 32.9 Å². The average molecular weight is 760 g/mol. The quantitative estimate of drug-likeness (QED) is 0.0524. The third kappa shape index (κ3) is 12.9. The molecule has 56 heavy (non-hydrogen) atoms. The van der Waals surface area contributed by atoms with Crippen LogP contribution < -0.4 is 33.0 Å². The van der Waals surface area contributed by atoms with Crippen LogP contribution in [0.2, 0.25) is 0 Å². The van der Waals surface area contributed by atoms with Crippen LogP contribution in [-0.2, 0) is 33.8 Å². The van der Waals surface area contributed by atoms with Crippen molar-refractivity contribution in [3.63, 3.8) is 0 Å². The largest absolute Gasteiger partial charge is 0.489 e. The molecule has 13 heteroatoms. The molecule has 0 saturated carbocycles. The standard InChI is InChI=1S/C43H53N9O4/c44-42(45)48-22-8-14-36-29-51(39(53)28-33-16-19-34-12-4-5-13-35(34)26-33)24-6-7-25-52(38(41(55)50-36)15-9-23-49-43(46)47)40(54)27-31-17-20-37(21-18-31)56-30-32-10-2-1-3-11-32/h1-7,10-13,16-21,26,36,38H,8-9,14-15,22-25,27-30H2,(H,50,55)(H4,44,45,48)(H4,46,47,49)/b7-6+/t36-,38+/m0/s1. The Morgan fingerprint density at radius 2 is 1.32 bits per heavy atom. The zero-order chi connectivity index (χ0) is 39.7. The van der Waals surface area contributed by atoms with Gasteiger partial charge in [-0.15, -0.1) is 0 Å². The monoisotopic (exact) mass is 759 g/mol. The number of hydrogen-bond donors (Lipinski definition) is 5. The number of fused-ring (bicyclic) bond motifs is 1. The number of nitrogens with one attached hydrogen (secondary N) is 1. The maximum Gasteiger partial charge on any atom is 0.243 e. The van der Waals surface area contributed by atoms with E-state index >= 15 is 0 Å². The lowest BCUT2D eigenvalue weighted by Crippen LogP contribution is -2.54. The minimum atomic E-state index is -0.824. The Morgan fingerprint density at radius 3 is 2.04 bits per heavy atom. The van der Waals surface area contributed by atoms with Gasteiger partial charge in [-0.05, 0) is 65.3 Å². The Hall–Kier alpha value is -6.37. The molecule has 4 aromatic rings. The Labute approximate surface area is 328 Å². The van der Waals surface area contributed by atoms with Crippen LogP contribution in [0.25, 0.3) is 10.8 Å². The predicted octanol–water partition coefficient (Wildman–Crippen LogP) is 3.39. The first-order valence-electron chi connectivity index (χ1n) is 19.0. The van der Waals surface area contributed by atoms with Gasteiger partial charge in [0, 0.05) is 38.8 Å². The molecule has 13 nitrogen and oxygen atoms in total. The van der Waals surface area contributed by atoms with E-state index in [9.17, 15) is 14.4 Å². The molecule has 0 unspecified atom stereocenters. The normalized spacial score (nSPS) is 16.6. The van der Waals surface area contributed by atoms with Crippen LogP contribution in [0, 0.1) is 0 Å². The first-order chi connectivity index (χ1) is 27.1. The van der Waals surface area contributed by atoms with Crippen molar-refractivity contribution in [1.82, 2.24) is 15.1 Å². The summed E-state index contributed by atoms with van der Waals surface area (Å²) in [7, 11) is 0. The van der Waals surface area contributed by atoms with Gasteiger partial charge in [-0.1, -0.05) is 97.1 Å². The van der Waals surface area contributed by atoms with E-state index in [1.165, 1.54) is 0 Å². The topological polar surface area (TPSA) is 208 Å². The van der Waals surface area contributed by atoms with Gasteiger partial charge in [-0.3, -0.25) is 24.4 Å². The highest BCUT2D eigenvalue weighted by Crippen LogP contribution is 2.20. The van der Waals surface area contributed by atoms with Gasteiger partial charge < -0.3 is 42.8 Å². The molecule has 3 amide bonds. The van der Waals surface area contributed by atoms with E-state index in [0.717, 1.165) is 27.5 Å². The molecule has 0 bridgehead atoms. The van der Waals surface area contributed by atoms with Crippen molar-refractivity contribution >= 4 is 40.4 Å². The smallest absolute Gasteiger partial charge is 0.243 e. The van der Waals surface area contributed by atoms with Crippen LogP contribution in [-0.4, -0.2) is 84.2 Å². The highest BCUT2D eigenvalue weighted by Gasteiger charge is 2.31. The highest BCUT2D eigenvalue weighted by molar-refractivity contribution is 5.89. The van der Waals surface area contributed by atoms with Gasteiger partial charge in [0.15, 0.2) is 11.9 Å². The van der Waals surface area contributed by atoms with E-state index in [2.05, 4.69) is 15.3 Å². The molecule has 0 radical (unpaired) electrons. The molecule has 9 N–H and O–H groups in total. The molecule has 1 aliphatic rings. The van der Waals surface area contributed by atoms with Gasteiger partial charge in [0.2, 0.25) is 17.7 Å². The zero-order valence-corrected chi connectivity index (χ0v) is 31.8. The number of guanidine groups is 2. The minimum absolute atomic E-state index is 0.0156. The number of ether oxygens (including phenoxy) is 1. The molecule has 2 atom stereocenters. The Kier molecular flexibility index (Phi) is 15.2. The second kappa shape index (κ2) is 20.9. The van der Waals surface area contributed by atoms with E-state index < -0.39 is 12.1 Å². The Morgan fingerprint density at radius 1 is 0.696 bits per heavy atom. The van der Waals surface area contributed by atoms with Gasteiger partial charge in [0.1, 0.15) is 18.4 Å². The summed E-state index contributed by atoms with van der Waals surface area (Å²) in [5.74, 6) is 0.00642.